The lowest BCUT2D eigenvalue weighted by molar-refractivity contribution is -0.0256. The number of benzene rings is 1. The van der Waals surface area contributed by atoms with E-state index >= 15 is 0 Å². The van der Waals surface area contributed by atoms with Gasteiger partial charge in [-0.25, -0.2) is 15.0 Å². The summed E-state index contributed by atoms with van der Waals surface area (Å²) >= 11 is 3.33. The van der Waals surface area contributed by atoms with Crippen LogP contribution in [0.15, 0.2) is 35.5 Å². The molecule has 8 nitrogen and oxygen atoms in total. The number of carbonyl (C=O) groups is 1. The molecule has 10 heteroatoms. The summed E-state index contributed by atoms with van der Waals surface area (Å²) in [5.41, 5.74) is 1.72. The summed E-state index contributed by atoms with van der Waals surface area (Å²) in [6.07, 6.45) is 11.5. The lowest BCUT2D eigenvalue weighted by Gasteiger charge is -2.46. The largest absolute Gasteiger partial charge is 0.379 e. The maximum atomic E-state index is 13.1. The van der Waals surface area contributed by atoms with Crippen LogP contribution in [-0.4, -0.2) is 88.4 Å². The molecule has 1 saturated carbocycles. The van der Waals surface area contributed by atoms with Crippen LogP contribution in [0.2, 0.25) is 0 Å². The van der Waals surface area contributed by atoms with Gasteiger partial charge in [-0.3, -0.25) is 9.69 Å². The smallest absolute Gasteiger partial charge is 0.254 e. The fourth-order valence-corrected chi connectivity index (χ4v) is 6.95. The second kappa shape index (κ2) is 11.2. The molecule has 2 aromatic heterocycles. The number of nitrogens with zero attached hydrogens (tertiary/aromatic N) is 5. The number of anilines is 1. The molecule has 6 rings (SSSR count). The minimum atomic E-state index is 0.125. The summed E-state index contributed by atoms with van der Waals surface area (Å²) in [6.45, 7) is 5.16. The van der Waals surface area contributed by atoms with Crippen molar-refractivity contribution >= 4 is 44.4 Å². The molecular weight excluding hydrogens is 504 g/mol. The number of thioether (sulfide) groups is 1. The number of morpholine rings is 1. The average Bonchev–Trinajstić information content (AvgIpc) is 3.53. The van der Waals surface area contributed by atoms with Gasteiger partial charge in [0.25, 0.3) is 5.91 Å². The van der Waals surface area contributed by atoms with Gasteiger partial charge in [0, 0.05) is 67.5 Å². The van der Waals surface area contributed by atoms with E-state index in [1.807, 2.05) is 41.7 Å². The van der Waals surface area contributed by atoms with E-state index in [0.29, 0.717) is 18.0 Å². The summed E-state index contributed by atoms with van der Waals surface area (Å²) in [7, 11) is 0. The van der Waals surface area contributed by atoms with Gasteiger partial charge in [0.1, 0.15) is 5.82 Å². The van der Waals surface area contributed by atoms with Crippen LogP contribution in [-0.2, 0) is 11.2 Å². The van der Waals surface area contributed by atoms with Crippen molar-refractivity contribution in [2.75, 3.05) is 51.0 Å². The highest BCUT2D eigenvalue weighted by Gasteiger charge is 2.35. The van der Waals surface area contributed by atoms with Gasteiger partial charge in [0.05, 0.1) is 23.4 Å². The first-order chi connectivity index (χ1) is 18.1. The van der Waals surface area contributed by atoms with Gasteiger partial charge in [-0.15, -0.1) is 11.8 Å². The Bertz CT molecular complexity index is 1220. The zero-order chi connectivity index (χ0) is 25.2. The van der Waals surface area contributed by atoms with Crippen molar-refractivity contribution < 1.29 is 9.53 Å². The Hall–Kier alpha value is -2.27. The number of likely N-dealkylation sites (tertiary alicyclic amines) is 1. The molecule has 0 spiro atoms. The molecule has 1 aromatic carbocycles. The molecule has 0 bridgehead atoms. The zero-order valence-corrected chi connectivity index (χ0v) is 22.9. The Morgan fingerprint density at radius 2 is 2.00 bits per heavy atom. The predicted molar refractivity (Wildman–Crippen MR) is 149 cm³/mol. The lowest BCUT2D eigenvalue weighted by atomic mass is 10.0. The van der Waals surface area contributed by atoms with E-state index in [9.17, 15) is 4.79 Å². The lowest BCUT2D eigenvalue weighted by Crippen LogP contribution is -2.62. The first kappa shape index (κ1) is 25.0. The third kappa shape index (κ3) is 5.77. The van der Waals surface area contributed by atoms with Crippen molar-refractivity contribution in [1.82, 2.24) is 24.8 Å². The molecule has 1 aliphatic carbocycles. The van der Waals surface area contributed by atoms with Crippen molar-refractivity contribution in [3.63, 3.8) is 0 Å². The average molecular weight is 539 g/mol. The molecule has 2 aliphatic heterocycles. The zero-order valence-electron chi connectivity index (χ0n) is 21.3. The standard InChI is InChI=1S/C27H34N6O2S2/c1-36-22-14-28-25(29-15-22)7-3-18-2-5-20(12-18)30-27-31-23-6-4-19(13-24(23)37-27)26(34)33-16-21(17-33)32-8-10-35-11-9-32/h4,6,13-15,18,20-21H,2-3,5,7-12,16-17H2,1H3,(H,30,31)/t18-,20+/m1/s1. The monoisotopic (exact) mass is 538 g/mol. The number of hydrogen-bond donors (Lipinski definition) is 1. The van der Waals surface area contributed by atoms with E-state index in [1.54, 1.807) is 23.1 Å². The summed E-state index contributed by atoms with van der Waals surface area (Å²) in [5, 5.41) is 4.63. The minimum absolute atomic E-state index is 0.125. The van der Waals surface area contributed by atoms with E-state index in [2.05, 4.69) is 20.2 Å². The number of carbonyl (C=O) groups excluding carboxylic acids is 1. The van der Waals surface area contributed by atoms with Crippen molar-refractivity contribution in [2.24, 2.45) is 5.92 Å². The normalized spacial score (nSPS) is 22.9. The Kier molecular flexibility index (Phi) is 7.60. The van der Waals surface area contributed by atoms with Gasteiger partial charge in [-0.2, -0.15) is 0 Å². The van der Waals surface area contributed by atoms with Gasteiger partial charge in [0.2, 0.25) is 0 Å². The number of amides is 1. The Morgan fingerprint density at radius 3 is 2.78 bits per heavy atom. The summed E-state index contributed by atoms with van der Waals surface area (Å²) < 4.78 is 6.52. The van der Waals surface area contributed by atoms with Gasteiger partial charge >= 0.3 is 0 Å². The number of hydrogen-bond acceptors (Lipinski definition) is 9. The van der Waals surface area contributed by atoms with E-state index < -0.39 is 0 Å². The molecular formula is C27H34N6O2S2. The van der Waals surface area contributed by atoms with Crippen LogP contribution in [0.4, 0.5) is 5.13 Å². The van der Waals surface area contributed by atoms with Crippen LogP contribution >= 0.6 is 23.1 Å². The number of aryl methyl sites for hydroxylation is 1. The number of nitrogens with one attached hydrogen (secondary N) is 1. The second-order valence-corrected chi connectivity index (χ2v) is 12.2. The number of thiazole rings is 1. The summed E-state index contributed by atoms with van der Waals surface area (Å²) in [5.74, 6) is 1.76. The van der Waals surface area contributed by atoms with Crippen LogP contribution in [0.5, 0.6) is 0 Å². The van der Waals surface area contributed by atoms with Crippen molar-refractivity contribution in [1.29, 1.82) is 0 Å². The highest BCUT2D eigenvalue weighted by Crippen LogP contribution is 2.34. The predicted octanol–water partition coefficient (Wildman–Crippen LogP) is 4.18. The van der Waals surface area contributed by atoms with E-state index in [0.717, 1.165) is 96.7 Å². The quantitative estimate of drug-likeness (QED) is 0.428. The third-order valence-corrected chi connectivity index (χ3v) is 9.54. The first-order valence-corrected chi connectivity index (χ1v) is 15.3. The third-order valence-electron chi connectivity index (χ3n) is 7.91. The molecule has 3 fully saturated rings. The number of rotatable bonds is 8. The minimum Gasteiger partial charge on any atom is -0.379 e. The highest BCUT2D eigenvalue weighted by atomic mass is 32.2. The number of aromatic nitrogens is 3. The van der Waals surface area contributed by atoms with Crippen LogP contribution in [0.3, 0.4) is 0 Å². The van der Waals surface area contributed by atoms with E-state index in [4.69, 9.17) is 9.72 Å². The molecule has 1 amide bonds. The molecule has 2 saturated heterocycles. The number of fused-ring (bicyclic) bond motifs is 1. The Balaban J connectivity index is 1.00. The maximum Gasteiger partial charge on any atom is 0.254 e. The molecule has 2 atom stereocenters. The topological polar surface area (TPSA) is 83.5 Å². The van der Waals surface area contributed by atoms with Gasteiger partial charge < -0.3 is 15.0 Å². The van der Waals surface area contributed by atoms with Crippen LogP contribution in [0.1, 0.15) is 41.9 Å². The molecule has 0 unspecified atom stereocenters. The van der Waals surface area contributed by atoms with Crippen LogP contribution in [0, 0.1) is 5.92 Å². The fourth-order valence-electron chi connectivity index (χ4n) is 5.65. The van der Waals surface area contributed by atoms with E-state index in [1.165, 1.54) is 6.42 Å². The highest BCUT2D eigenvalue weighted by molar-refractivity contribution is 7.98. The molecule has 37 heavy (non-hydrogen) atoms. The Morgan fingerprint density at radius 1 is 1.19 bits per heavy atom. The molecule has 3 aliphatic rings. The van der Waals surface area contributed by atoms with Crippen molar-refractivity contribution in [3.05, 3.63) is 42.0 Å². The van der Waals surface area contributed by atoms with Gasteiger partial charge in [0.15, 0.2) is 5.13 Å². The maximum absolute atomic E-state index is 13.1. The number of ether oxygens (including phenoxy) is 1. The molecule has 0 radical (unpaired) electrons. The van der Waals surface area contributed by atoms with Crippen LogP contribution in [0.25, 0.3) is 10.2 Å². The van der Waals surface area contributed by atoms with Gasteiger partial charge in [-0.05, 0) is 56.1 Å². The SMILES string of the molecule is CSc1cnc(CC[C@H]2CC[C@H](Nc3nc4ccc(C(=O)N5CC(N6CCOCC6)C5)cc4s3)C2)nc1. The molecule has 4 heterocycles. The summed E-state index contributed by atoms with van der Waals surface area (Å²) in [6, 6.07) is 6.85. The van der Waals surface area contributed by atoms with Crippen molar-refractivity contribution in [3.8, 4) is 0 Å². The first-order valence-electron chi connectivity index (χ1n) is 13.3. The van der Waals surface area contributed by atoms with Crippen molar-refractivity contribution in [2.45, 2.75) is 49.1 Å². The van der Waals surface area contributed by atoms with E-state index in [-0.39, 0.29) is 5.91 Å². The molecule has 1 N–H and O–H groups in total. The second-order valence-electron chi connectivity index (χ2n) is 10.3. The molecule has 3 aromatic rings. The van der Waals surface area contributed by atoms with Gasteiger partial charge in [-0.1, -0.05) is 11.3 Å². The Labute approximate surface area is 226 Å². The fraction of sp³-hybridized carbons (Fsp3) is 0.556. The summed E-state index contributed by atoms with van der Waals surface area (Å²) in [4.78, 5) is 32.4. The molecule has 196 valence electrons. The van der Waals surface area contributed by atoms with Crippen LogP contribution < -0.4 is 5.32 Å².